The minimum Gasteiger partial charge on any atom is -0.339 e. The zero-order valence-electron chi connectivity index (χ0n) is 17.9. The molecule has 4 aromatic rings. The fraction of sp³-hybridized carbons (Fsp3) is 0.125. The second-order valence-corrected chi connectivity index (χ2v) is 9.10. The number of anilines is 2. The number of carbonyl (C=O) groups excluding carboxylic acids is 1. The Balaban J connectivity index is 1.26. The standard InChI is InChI=1S/C24H21FN4O4S/c25-18-9-11-20(12-10-18)29-34(31,32)21-15-13-19(14-16-21)26-22(30)7-4-8-23-27-24(28-33-23)17-5-2-1-3-6-17/h1-3,5-6,9-16,29H,4,7-8H2,(H,26,30). The molecule has 1 aromatic heterocycles. The van der Waals surface area contributed by atoms with Gasteiger partial charge in [0.1, 0.15) is 5.82 Å². The van der Waals surface area contributed by atoms with Crippen molar-refractivity contribution in [3.8, 4) is 11.4 Å². The summed E-state index contributed by atoms with van der Waals surface area (Å²) in [4.78, 5) is 16.6. The summed E-state index contributed by atoms with van der Waals surface area (Å²) >= 11 is 0. The van der Waals surface area contributed by atoms with E-state index in [1.807, 2.05) is 30.3 Å². The highest BCUT2D eigenvalue weighted by Crippen LogP contribution is 2.19. The lowest BCUT2D eigenvalue weighted by Gasteiger charge is -2.09. The lowest BCUT2D eigenvalue weighted by Crippen LogP contribution is -2.14. The van der Waals surface area contributed by atoms with Crippen molar-refractivity contribution in [3.05, 3.63) is 90.6 Å². The Morgan fingerprint density at radius 2 is 1.59 bits per heavy atom. The highest BCUT2D eigenvalue weighted by atomic mass is 32.2. The maximum absolute atomic E-state index is 13.0. The van der Waals surface area contributed by atoms with Crippen molar-refractivity contribution in [2.45, 2.75) is 24.2 Å². The summed E-state index contributed by atoms with van der Waals surface area (Å²) in [5.74, 6) is 0.277. The number of aryl methyl sites for hydroxylation is 1. The third-order valence-electron chi connectivity index (χ3n) is 4.84. The highest BCUT2D eigenvalue weighted by Gasteiger charge is 2.15. The number of carbonyl (C=O) groups is 1. The normalized spacial score (nSPS) is 11.2. The molecule has 2 N–H and O–H groups in total. The molecule has 0 bridgehead atoms. The zero-order chi connectivity index (χ0) is 24.0. The topological polar surface area (TPSA) is 114 Å². The smallest absolute Gasteiger partial charge is 0.261 e. The highest BCUT2D eigenvalue weighted by molar-refractivity contribution is 7.92. The van der Waals surface area contributed by atoms with Crippen molar-refractivity contribution < 1.29 is 22.1 Å². The fourth-order valence-electron chi connectivity index (χ4n) is 3.13. The van der Waals surface area contributed by atoms with Crippen molar-refractivity contribution in [3.63, 3.8) is 0 Å². The van der Waals surface area contributed by atoms with Crippen LogP contribution in [-0.4, -0.2) is 24.5 Å². The first kappa shape index (κ1) is 23.1. The molecular weight excluding hydrogens is 459 g/mol. The molecule has 0 atom stereocenters. The Hall–Kier alpha value is -4.05. The van der Waals surface area contributed by atoms with Crippen LogP contribution in [0.4, 0.5) is 15.8 Å². The van der Waals surface area contributed by atoms with Gasteiger partial charge in [-0.3, -0.25) is 9.52 Å². The van der Waals surface area contributed by atoms with E-state index in [-0.39, 0.29) is 22.9 Å². The van der Waals surface area contributed by atoms with Gasteiger partial charge in [0.2, 0.25) is 17.6 Å². The molecule has 0 unspecified atom stereocenters. The SMILES string of the molecule is O=C(CCCc1nc(-c2ccccc2)no1)Nc1ccc(S(=O)(=O)Nc2ccc(F)cc2)cc1. The minimum atomic E-state index is -3.84. The van der Waals surface area contributed by atoms with E-state index in [1.54, 1.807) is 0 Å². The summed E-state index contributed by atoms with van der Waals surface area (Å²) in [6.45, 7) is 0. The van der Waals surface area contributed by atoms with Gasteiger partial charge in [0.15, 0.2) is 0 Å². The molecule has 0 aliphatic rings. The number of aromatic nitrogens is 2. The van der Waals surface area contributed by atoms with Gasteiger partial charge in [-0.15, -0.1) is 0 Å². The van der Waals surface area contributed by atoms with Crippen LogP contribution in [0.5, 0.6) is 0 Å². The monoisotopic (exact) mass is 480 g/mol. The Bertz CT molecular complexity index is 1360. The number of hydrogen-bond donors (Lipinski definition) is 2. The van der Waals surface area contributed by atoms with E-state index < -0.39 is 15.8 Å². The molecule has 0 radical (unpaired) electrons. The first-order chi connectivity index (χ1) is 16.4. The predicted octanol–water partition coefficient (Wildman–Crippen LogP) is 4.64. The number of nitrogens with zero attached hydrogens (tertiary/aromatic N) is 2. The zero-order valence-corrected chi connectivity index (χ0v) is 18.8. The van der Waals surface area contributed by atoms with E-state index in [0.717, 1.165) is 17.7 Å². The molecule has 0 spiro atoms. The van der Waals surface area contributed by atoms with Crippen LogP contribution in [0.1, 0.15) is 18.7 Å². The molecule has 34 heavy (non-hydrogen) atoms. The summed E-state index contributed by atoms with van der Waals surface area (Å²) in [5.41, 5.74) is 1.57. The molecule has 0 saturated heterocycles. The summed E-state index contributed by atoms with van der Waals surface area (Å²) < 4.78 is 45.6. The summed E-state index contributed by atoms with van der Waals surface area (Å²) in [7, 11) is -3.84. The molecule has 3 aromatic carbocycles. The Morgan fingerprint density at radius 3 is 2.29 bits per heavy atom. The van der Waals surface area contributed by atoms with Crippen LogP contribution in [0.3, 0.4) is 0 Å². The van der Waals surface area contributed by atoms with E-state index in [1.165, 1.54) is 36.4 Å². The molecule has 1 heterocycles. The molecule has 0 fully saturated rings. The lowest BCUT2D eigenvalue weighted by molar-refractivity contribution is -0.116. The van der Waals surface area contributed by atoms with E-state index in [2.05, 4.69) is 20.2 Å². The van der Waals surface area contributed by atoms with Gasteiger partial charge in [0, 0.05) is 29.8 Å². The first-order valence-corrected chi connectivity index (χ1v) is 11.9. The molecule has 0 saturated carbocycles. The molecule has 4 rings (SSSR count). The Morgan fingerprint density at radius 1 is 0.912 bits per heavy atom. The van der Waals surface area contributed by atoms with Gasteiger partial charge in [0.05, 0.1) is 4.90 Å². The van der Waals surface area contributed by atoms with Crippen molar-refractivity contribution >= 4 is 27.3 Å². The van der Waals surface area contributed by atoms with Crippen LogP contribution < -0.4 is 10.0 Å². The quantitative estimate of drug-likeness (QED) is 0.361. The van der Waals surface area contributed by atoms with Crippen LogP contribution in [0.2, 0.25) is 0 Å². The number of halogens is 1. The van der Waals surface area contributed by atoms with Crippen LogP contribution in [-0.2, 0) is 21.2 Å². The molecule has 8 nitrogen and oxygen atoms in total. The fourth-order valence-corrected chi connectivity index (χ4v) is 4.19. The van der Waals surface area contributed by atoms with Gasteiger partial charge in [-0.2, -0.15) is 4.98 Å². The van der Waals surface area contributed by atoms with Crippen molar-refractivity contribution in [2.75, 3.05) is 10.0 Å². The van der Waals surface area contributed by atoms with Crippen molar-refractivity contribution in [1.29, 1.82) is 0 Å². The summed E-state index contributed by atoms with van der Waals surface area (Å²) in [5, 5.41) is 6.68. The van der Waals surface area contributed by atoms with Gasteiger partial charge in [-0.05, 0) is 55.0 Å². The number of sulfonamides is 1. The van der Waals surface area contributed by atoms with Crippen molar-refractivity contribution in [2.24, 2.45) is 0 Å². The summed E-state index contributed by atoms with van der Waals surface area (Å²) in [6.07, 6.45) is 1.20. The second-order valence-electron chi connectivity index (χ2n) is 7.42. The third kappa shape index (κ3) is 6.04. The first-order valence-electron chi connectivity index (χ1n) is 10.5. The van der Waals surface area contributed by atoms with Gasteiger partial charge in [-0.1, -0.05) is 35.5 Å². The maximum atomic E-state index is 13.0. The van der Waals surface area contributed by atoms with Gasteiger partial charge in [-0.25, -0.2) is 12.8 Å². The van der Waals surface area contributed by atoms with Gasteiger partial charge in [0.25, 0.3) is 10.0 Å². The number of amides is 1. The van der Waals surface area contributed by atoms with Crippen molar-refractivity contribution in [1.82, 2.24) is 10.1 Å². The molecular formula is C24H21FN4O4S. The van der Waals surface area contributed by atoms with Crippen LogP contribution >= 0.6 is 0 Å². The van der Waals surface area contributed by atoms with Crippen LogP contribution in [0.15, 0.2) is 88.3 Å². The predicted molar refractivity (Wildman–Crippen MR) is 125 cm³/mol. The van der Waals surface area contributed by atoms with E-state index >= 15 is 0 Å². The average molecular weight is 481 g/mol. The van der Waals surface area contributed by atoms with Crippen LogP contribution in [0, 0.1) is 5.82 Å². The average Bonchev–Trinajstić information content (AvgIpc) is 3.30. The minimum absolute atomic E-state index is 0.0143. The molecule has 0 aliphatic heterocycles. The molecule has 1 amide bonds. The number of rotatable bonds is 9. The van der Waals surface area contributed by atoms with Gasteiger partial charge < -0.3 is 9.84 Å². The van der Waals surface area contributed by atoms with E-state index in [0.29, 0.717) is 30.2 Å². The third-order valence-corrected chi connectivity index (χ3v) is 6.24. The largest absolute Gasteiger partial charge is 0.339 e. The number of nitrogens with one attached hydrogen (secondary N) is 2. The molecule has 174 valence electrons. The van der Waals surface area contributed by atoms with Gasteiger partial charge >= 0.3 is 0 Å². The second kappa shape index (κ2) is 10.3. The molecule has 0 aliphatic carbocycles. The number of hydrogen-bond acceptors (Lipinski definition) is 6. The van der Waals surface area contributed by atoms with E-state index in [4.69, 9.17) is 4.52 Å². The number of benzene rings is 3. The Labute approximate surface area is 195 Å². The summed E-state index contributed by atoms with van der Waals surface area (Å²) in [6, 6.07) is 20.2. The maximum Gasteiger partial charge on any atom is 0.261 e. The lowest BCUT2D eigenvalue weighted by atomic mass is 10.2. The van der Waals surface area contributed by atoms with E-state index in [9.17, 15) is 17.6 Å². The van der Waals surface area contributed by atoms with Crippen LogP contribution in [0.25, 0.3) is 11.4 Å². The molecule has 10 heteroatoms. The Kier molecular flexibility index (Phi) is 6.98.